The number of aliphatic hydroxyl groups is 1. The van der Waals surface area contributed by atoms with Crippen LogP contribution < -0.4 is 10.5 Å². The molecule has 3 N–H and O–H groups in total. The van der Waals surface area contributed by atoms with Gasteiger partial charge in [0, 0.05) is 11.6 Å². The average Bonchev–Trinajstić information content (AvgIpc) is 2.21. The van der Waals surface area contributed by atoms with E-state index in [0.717, 1.165) is 0 Å². The first-order chi connectivity index (χ1) is 6.99. The van der Waals surface area contributed by atoms with Crippen molar-refractivity contribution in [2.75, 3.05) is 7.11 Å². The molecule has 0 aliphatic carbocycles. The number of ether oxygens (including phenoxy) is 1. The predicted octanol–water partition coefficient (Wildman–Crippen LogP) is 1.98. The molecular weight excluding hydrogens is 265 g/mol. The van der Waals surface area contributed by atoms with Gasteiger partial charge in [-0.15, -0.1) is 0 Å². The smallest absolute Gasteiger partial charge is 0.146 e. The molecule has 0 bridgehead atoms. The van der Waals surface area contributed by atoms with Gasteiger partial charge in [-0.05, 0) is 35.0 Å². The number of aliphatic hydroxyl groups excluding tert-OH is 1. The van der Waals surface area contributed by atoms with E-state index < -0.39 is 18.0 Å². The second kappa shape index (κ2) is 4.92. The van der Waals surface area contributed by atoms with Crippen molar-refractivity contribution in [3.63, 3.8) is 0 Å². The Morgan fingerprint density at radius 1 is 1.53 bits per heavy atom. The molecule has 1 rings (SSSR count). The van der Waals surface area contributed by atoms with E-state index in [9.17, 15) is 9.50 Å². The number of hydrogen-bond acceptors (Lipinski definition) is 3. The van der Waals surface area contributed by atoms with Crippen LogP contribution in [-0.4, -0.2) is 18.3 Å². The van der Waals surface area contributed by atoms with Crippen LogP contribution >= 0.6 is 15.9 Å². The van der Waals surface area contributed by atoms with Crippen LogP contribution in [0.25, 0.3) is 0 Å². The van der Waals surface area contributed by atoms with Gasteiger partial charge in [0.15, 0.2) is 0 Å². The summed E-state index contributed by atoms with van der Waals surface area (Å²) in [5.41, 5.74) is 5.66. The average molecular weight is 278 g/mol. The summed E-state index contributed by atoms with van der Waals surface area (Å²) in [4.78, 5) is 0. The fourth-order valence-corrected chi connectivity index (χ4v) is 1.74. The van der Waals surface area contributed by atoms with Gasteiger partial charge in [0.05, 0.1) is 17.7 Å². The van der Waals surface area contributed by atoms with Crippen molar-refractivity contribution in [1.29, 1.82) is 0 Å². The molecule has 0 aromatic heterocycles. The van der Waals surface area contributed by atoms with Crippen LogP contribution in [0.15, 0.2) is 16.6 Å². The van der Waals surface area contributed by atoms with E-state index in [0.29, 0.717) is 5.75 Å². The molecular formula is C10H13BrFNO2. The summed E-state index contributed by atoms with van der Waals surface area (Å²) in [6.07, 6.45) is -1.02. The zero-order valence-electron chi connectivity index (χ0n) is 8.50. The predicted molar refractivity (Wildman–Crippen MR) is 59.3 cm³/mol. The summed E-state index contributed by atoms with van der Waals surface area (Å²) in [6, 6.07) is 2.51. The molecule has 0 aliphatic heterocycles. The molecule has 0 heterocycles. The van der Waals surface area contributed by atoms with Gasteiger partial charge in [0.2, 0.25) is 0 Å². The van der Waals surface area contributed by atoms with E-state index in [-0.39, 0.29) is 10.0 Å². The lowest BCUT2D eigenvalue weighted by Gasteiger charge is -2.17. The maximum atomic E-state index is 13.7. The summed E-state index contributed by atoms with van der Waals surface area (Å²) in [7, 11) is 1.45. The van der Waals surface area contributed by atoms with E-state index in [2.05, 4.69) is 15.9 Å². The lowest BCUT2D eigenvalue weighted by Crippen LogP contribution is -2.25. The van der Waals surface area contributed by atoms with Crippen LogP contribution in [0.3, 0.4) is 0 Å². The maximum absolute atomic E-state index is 13.7. The van der Waals surface area contributed by atoms with Crippen LogP contribution in [0.1, 0.15) is 18.6 Å². The van der Waals surface area contributed by atoms with Gasteiger partial charge < -0.3 is 15.6 Å². The van der Waals surface area contributed by atoms with E-state index in [1.165, 1.54) is 13.2 Å². The van der Waals surface area contributed by atoms with Crippen molar-refractivity contribution in [2.24, 2.45) is 5.73 Å². The number of hydrogen-bond donors (Lipinski definition) is 2. The number of methoxy groups -OCH3 is 1. The molecule has 0 amide bonds. The minimum Gasteiger partial charge on any atom is -0.495 e. The summed E-state index contributed by atoms with van der Waals surface area (Å²) in [6.45, 7) is 1.61. The molecule has 0 saturated carbocycles. The number of nitrogens with two attached hydrogens (primary N) is 1. The van der Waals surface area contributed by atoms with Crippen molar-refractivity contribution in [1.82, 2.24) is 0 Å². The summed E-state index contributed by atoms with van der Waals surface area (Å²) in [5, 5.41) is 9.64. The van der Waals surface area contributed by atoms with Gasteiger partial charge in [-0.3, -0.25) is 0 Å². The lowest BCUT2D eigenvalue weighted by atomic mass is 10.0. The number of benzene rings is 1. The first kappa shape index (κ1) is 12.4. The topological polar surface area (TPSA) is 55.5 Å². The Bertz CT molecular complexity index is 358. The van der Waals surface area contributed by atoms with Gasteiger partial charge in [-0.25, -0.2) is 4.39 Å². The van der Waals surface area contributed by atoms with Gasteiger partial charge in [0.1, 0.15) is 11.6 Å². The van der Waals surface area contributed by atoms with E-state index >= 15 is 0 Å². The van der Waals surface area contributed by atoms with Crippen LogP contribution in [0.5, 0.6) is 5.75 Å². The van der Waals surface area contributed by atoms with E-state index in [1.54, 1.807) is 13.0 Å². The highest BCUT2D eigenvalue weighted by Gasteiger charge is 2.20. The fraction of sp³-hybridized carbons (Fsp3) is 0.400. The van der Waals surface area contributed by atoms with Crippen LogP contribution in [-0.2, 0) is 0 Å². The standard InChI is InChI=1S/C10H13BrFNO2/c1-5(13)10(14)6-3-4-7(15-2)8(11)9(6)12/h3-5,10,14H,13H2,1-2H3. The van der Waals surface area contributed by atoms with Gasteiger partial charge in [-0.2, -0.15) is 0 Å². The Hall–Kier alpha value is -0.650. The Kier molecular flexibility index (Phi) is 4.07. The highest BCUT2D eigenvalue weighted by atomic mass is 79.9. The van der Waals surface area contributed by atoms with Gasteiger partial charge in [0.25, 0.3) is 0 Å². The van der Waals surface area contributed by atoms with Crippen molar-refractivity contribution in [3.8, 4) is 5.75 Å². The molecule has 15 heavy (non-hydrogen) atoms. The van der Waals surface area contributed by atoms with Gasteiger partial charge in [-0.1, -0.05) is 0 Å². The van der Waals surface area contributed by atoms with Crippen molar-refractivity contribution >= 4 is 15.9 Å². The Balaban J connectivity index is 3.17. The molecule has 0 spiro atoms. The van der Waals surface area contributed by atoms with Crippen LogP contribution in [0.2, 0.25) is 0 Å². The zero-order valence-corrected chi connectivity index (χ0v) is 10.1. The first-order valence-corrected chi connectivity index (χ1v) is 5.23. The molecule has 0 radical (unpaired) electrons. The van der Waals surface area contributed by atoms with E-state index in [1.807, 2.05) is 0 Å². The Morgan fingerprint density at radius 3 is 2.60 bits per heavy atom. The molecule has 1 aromatic rings. The second-order valence-electron chi connectivity index (χ2n) is 3.29. The molecule has 0 aliphatic rings. The second-order valence-corrected chi connectivity index (χ2v) is 4.08. The normalized spacial score (nSPS) is 14.8. The van der Waals surface area contributed by atoms with Gasteiger partial charge >= 0.3 is 0 Å². The molecule has 84 valence electrons. The summed E-state index contributed by atoms with van der Waals surface area (Å²) < 4.78 is 18.8. The van der Waals surface area contributed by atoms with Crippen molar-refractivity contribution in [2.45, 2.75) is 19.1 Å². The highest BCUT2D eigenvalue weighted by Crippen LogP contribution is 2.32. The summed E-state index contributed by atoms with van der Waals surface area (Å²) in [5.74, 6) is -0.160. The number of halogens is 2. The van der Waals surface area contributed by atoms with Crippen molar-refractivity contribution in [3.05, 3.63) is 28.0 Å². The molecule has 0 saturated heterocycles. The third kappa shape index (κ3) is 2.48. The maximum Gasteiger partial charge on any atom is 0.146 e. The molecule has 0 fully saturated rings. The molecule has 2 atom stereocenters. The minimum absolute atomic E-state index is 0.165. The Labute approximate surface area is 96.2 Å². The first-order valence-electron chi connectivity index (χ1n) is 4.44. The van der Waals surface area contributed by atoms with Crippen LogP contribution in [0, 0.1) is 5.82 Å². The molecule has 5 heteroatoms. The fourth-order valence-electron chi connectivity index (χ4n) is 1.22. The SMILES string of the molecule is COc1ccc(C(O)C(C)N)c(F)c1Br. The number of rotatable bonds is 3. The third-order valence-corrected chi connectivity index (χ3v) is 2.85. The lowest BCUT2D eigenvalue weighted by molar-refractivity contribution is 0.148. The molecule has 3 nitrogen and oxygen atoms in total. The minimum atomic E-state index is -1.02. The Morgan fingerprint density at radius 2 is 2.13 bits per heavy atom. The molecule has 1 aromatic carbocycles. The van der Waals surface area contributed by atoms with E-state index in [4.69, 9.17) is 10.5 Å². The highest BCUT2D eigenvalue weighted by molar-refractivity contribution is 9.10. The van der Waals surface area contributed by atoms with Crippen LogP contribution in [0.4, 0.5) is 4.39 Å². The third-order valence-electron chi connectivity index (χ3n) is 2.11. The quantitative estimate of drug-likeness (QED) is 0.888. The largest absolute Gasteiger partial charge is 0.495 e. The summed E-state index contributed by atoms with van der Waals surface area (Å²) >= 11 is 3.06. The van der Waals surface area contributed by atoms with Crippen molar-refractivity contribution < 1.29 is 14.2 Å². The zero-order chi connectivity index (χ0) is 11.6. The monoisotopic (exact) mass is 277 g/mol. The molecule has 2 unspecified atom stereocenters.